The Morgan fingerprint density at radius 2 is 1.95 bits per heavy atom. The average molecular weight is 274 g/mol. The minimum absolute atomic E-state index is 0.498. The van der Waals surface area contributed by atoms with Crippen LogP contribution in [0.5, 0.6) is 0 Å². The van der Waals surface area contributed by atoms with Crippen LogP contribution in [0.2, 0.25) is 0 Å². The van der Waals surface area contributed by atoms with Crippen molar-refractivity contribution in [3.05, 3.63) is 12.7 Å². The van der Waals surface area contributed by atoms with Gasteiger partial charge in [-0.1, -0.05) is 6.92 Å². The summed E-state index contributed by atoms with van der Waals surface area (Å²) in [5, 5.41) is 7.29. The molecule has 20 heavy (non-hydrogen) atoms. The van der Waals surface area contributed by atoms with E-state index in [1.807, 2.05) is 0 Å². The lowest BCUT2D eigenvalue weighted by Crippen LogP contribution is -2.23. The van der Waals surface area contributed by atoms with Crippen molar-refractivity contribution in [1.29, 1.82) is 0 Å². The Hall–Kier alpha value is -2.25. The van der Waals surface area contributed by atoms with Crippen LogP contribution in [0, 0.1) is 0 Å². The summed E-state index contributed by atoms with van der Waals surface area (Å²) in [6.07, 6.45) is 6.44. The maximum atomic E-state index is 4.49. The van der Waals surface area contributed by atoms with Gasteiger partial charge in [0.15, 0.2) is 0 Å². The molecule has 8 nitrogen and oxygen atoms in total. The van der Waals surface area contributed by atoms with Crippen LogP contribution in [0.4, 0.5) is 11.9 Å². The predicted octanol–water partition coefficient (Wildman–Crippen LogP) is 0.874. The van der Waals surface area contributed by atoms with E-state index in [9.17, 15) is 0 Å². The number of rotatable bonds is 5. The lowest BCUT2D eigenvalue weighted by atomic mass is 10.4. The van der Waals surface area contributed by atoms with Crippen molar-refractivity contribution in [2.24, 2.45) is 0 Å². The van der Waals surface area contributed by atoms with Gasteiger partial charge in [-0.05, 0) is 19.3 Å². The first kappa shape index (κ1) is 12.8. The van der Waals surface area contributed by atoms with Crippen LogP contribution in [0.1, 0.15) is 26.2 Å². The summed E-state index contributed by atoms with van der Waals surface area (Å²) in [5.41, 5.74) is 0. The first-order chi connectivity index (χ1) is 9.86. The smallest absolute Gasteiger partial charge is 0.258 e. The highest BCUT2D eigenvalue weighted by Crippen LogP contribution is 2.17. The van der Waals surface area contributed by atoms with Gasteiger partial charge in [0.2, 0.25) is 11.9 Å². The molecule has 2 aromatic rings. The number of hydrogen-bond donors (Lipinski definition) is 1. The van der Waals surface area contributed by atoms with E-state index in [-0.39, 0.29) is 0 Å². The third-order valence-corrected chi connectivity index (χ3v) is 3.16. The zero-order chi connectivity index (χ0) is 13.8. The van der Waals surface area contributed by atoms with E-state index in [0.717, 1.165) is 26.1 Å². The Morgan fingerprint density at radius 3 is 2.65 bits per heavy atom. The lowest BCUT2D eigenvalue weighted by Gasteiger charge is -2.16. The quantitative estimate of drug-likeness (QED) is 0.866. The molecule has 0 amide bonds. The highest BCUT2D eigenvalue weighted by Gasteiger charge is 2.18. The van der Waals surface area contributed by atoms with Crippen molar-refractivity contribution in [3.63, 3.8) is 0 Å². The monoisotopic (exact) mass is 274 g/mol. The van der Waals surface area contributed by atoms with Gasteiger partial charge < -0.3 is 10.2 Å². The third-order valence-electron chi connectivity index (χ3n) is 3.16. The Kier molecular flexibility index (Phi) is 3.71. The first-order valence-corrected chi connectivity index (χ1v) is 6.96. The van der Waals surface area contributed by atoms with E-state index >= 15 is 0 Å². The highest BCUT2D eigenvalue weighted by molar-refractivity contribution is 5.40. The predicted molar refractivity (Wildman–Crippen MR) is 75.0 cm³/mol. The number of nitrogens with one attached hydrogen (secondary N) is 1. The number of nitrogens with zero attached hydrogens (tertiary/aromatic N) is 7. The molecule has 3 heterocycles. The number of aromatic nitrogens is 6. The molecule has 1 saturated heterocycles. The van der Waals surface area contributed by atoms with Crippen molar-refractivity contribution in [2.75, 3.05) is 29.9 Å². The van der Waals surface area contributed by atoms with E-state index in [1.54, 1.807) is 11.0 Å². The lowest BCUT2D eigenvalue weighted by molar-refractivity contribution is 0.775. The van der Waals surface area contributed by atoms with Crippen molar-refractivity contribution in [2.45, 2.75) is 26.2 Å². The van der Waals surface area contributed by atoms with Gasteiger partial charge in [-0.15, -0.1) is 0 Å². The SMILES string of the molecule is CCCNc1nc(N2CCCC2)nc(-n2cncn2)n1. The normalized spacial score (nSPS) is 14.8. The minimum atomic E-state index is 0.498. The summed E-state index contributed by atoms with van der Waals surface area (Å²) in [7, 11) is 0. The van der Waals surface area contributed by atoms with Crippen LogP contribution >= 0.6 is 0 Å². The molecule has 1 aliphatic rings. The zero-order valence-electron chi connectivity index (χ0n) is 11.5. The molecule has 106 valence electrons. The van der Waals surface area contributed by atoms with Gasteiger partial charge in [0.1, 0.15) is 12.7 Å². The minimum Gasteiger partial charge on any atom is -0.354 e. The Balaban J connectivity index is 1.94. The van der Waals surface area contributed by atoms with Crippen molar-refractivity contribution >= 4 is 11.9 Å². The molecule has 0 spiro atoms. The summed E-state index contributed by atoms with van der Waals surface area (Å²) in [6, 6.07) is 0. The number of anilines is 2. The summed E-state index contributed by atoms with van der Waals surface area (Å²) >= 11 is 0. The van der Waals surface area contributed by atoms with Crippen molar-refractivity contribution < 1.29 is 0 Å². The van der Waals surface area contributed by atoms with Gasteiger partial charge in [0.25, 0.3) is 5.95 Å². The summed E-state index contributed by atoms with van der Waals surface area (Å²) in [6.45, 7) is 4.93. The molecule has 0 unspecified atom stereocenters. The molecule has 2 aromatic heterocycles. The van der Waals surface area contributed by atoms with E-state index in [0.29, 0.717) is 17.8 Å². The van der Waals surface area contributed by atoms with E-state index in [4.69, 9.17) is 0 Å². The Bertz CT molecular complexity index is 547. The topological polar surface area (TPSA) is 84.7 Å². The molecule has 3 rings (SSSR count). The molecule has 0 aliphatic carbocycles. The fraction of sp³-hybridized carbons (Fsp3) is 0.583. The number of hydrogen-bond acceptors (Lipinski definition) is 7. The van der Waals surface area contributed by atoms with Crippen LogP contribution in [0.15, 0.2) is 12.7 Å². The fourth-order valence-electron chi connectivity index (χ4n) is 2.14. The molecule has 0 bridgehead atoms. The second-order valence-electron chi connectivity index (χ2n) is 4.72. The van der Waals surface area contributed by atoms with E-state index < -0.39 is 0 Å². The summed E-state index contributed by atoms with van der Waals surface area (Å²) in [5.74, 6) is 1.80. The molecular weight excluding hydrogens is 256 g/mol. The van der Waals surface area contributed by atoms with Crippen molar-refractivity contribution in [1.82, 2.24) is 29.7 Å². The molecule has 1 fully saturated rings. The van der Waals surface area contributed by atoms with Gasteiger partial charge in [0, 0.05) is 19.6 Å². The summed E-state index contributed by atoms with van der Waals surface area (Å²) in [4.78, 5) is 19.5. The second kappa shape index (κ2) is 5.81. The van der Waals surface area contributed by atoms with Crippen molar-refractivity contribution in [3.8, 4) is 5.95 Å². The van der Waals surface area contributed by atoms with Crippen LogP contribution in [-0.2, 0) is 0 Å². The molecule has 0 radical (unpaired) electrons. The highest BCUT2D eigenvalue weighted by atomic mass is 15.4. The fourth-order valence-corrected chi connectivity index (χ4v) is 2.14. The van der Waals surface area contributed by atoms with Crippen LogP contribution in [0.3, 0.4) is 0 Å². The van der Waals surface area contributed by atoms with Crippen LogP contribution in [-0.4, -0.2) is 49.4 Å². The summed E-state index contributed by atoms with van der Waals surface area (Å²) < 4.78 is 1.55. The zero-order valence-corrected chi connectivity index (χ0v) is 11.5. The average Bonchev–Trinajstić information content (AvgIpc) is 3.17. The standard InChI is InChI=1S/C12H18N8/c1-2-5-14-10-16-11(19-6-3-4-7-19)18-12(17-10)20-9-13-8-15-20/h8-9H,2-7H2,1H3,(H,14,16,17,18). The molecule has 1 N–H and O–H groups in total. The molecule has 0 saturated carbocycles. The first-order valence-electron chi connectivity index (χ1n) is 6.96. The van der Waals surface area contributed by atoms with Gasteiger partial charge in [-0.3, -0.25) is 0 Å². The maximum absolute atomic E-state index is 4.49. The largest absolute Gasteiger partial charge is 0.354 e. The molecular formula is C12H18N8. The Labute approximate surface area is 117 Å². The van der Waals surface area contributed by atoms with Gasteiger partial charge in [0.05, 0.1) is 0 Å². The van der Waals surface area contributed by atoms with Gasteiger partial charge in [-0.25, -0.2) is 4.98 Å². The van der Waals surface area contributed by atoms with Crippen LogP contribution < -0.4 is 10.2 Å². The Morgan fingerprint density at radius 1 is 1.15 bits per heavy atom. The van der Waals surface area contributed by atoms with Gasteiger partial charge in [-0.2, -0.15) is 24.7 Å². The molecule has 8 heteroatoms. The molecule has 1 aliphatic heterocycles. The van der Waals surface area contributed by atoms with Gasteiger partial charge >= 0.3 is 0 Å². The maximum Gasteiger partial charge on any atom is 0.258 e. The van der Waals surface area contributed by atoms with Crippen LogP contribution in [0.25, 0.3) is 5.95 Å². The second-order valence-corrected chi connectivity index (χ2v) is 4.72. The van der Waals surface area contributed by atoms with E-state index in [1.165, 1.54) is 19.2 Å². The van der Waals surface area contributed by atoms with E-state index in [2.05, 4.69) is 42.2 Å². The third kappa shape index (κ3) is 2.68. The molecule has 0 atom stereocenters. The molecule has 0 aromatic carbocycles.